The van der Waals surface area contributed by atoms with Gasteiger partial charge in [-0.15, -0.1) is 11.3 Å². The Bertz CT molecular complexity index is 1400. The van der Waals surface area contributed by atoms with Crippen LogP contribution in [-0.4, -0.2) is 30.9 Å². The molecule has 0 aliphatic heterocycles. The minimum atomic E-state index is -1.43. The van der Waals surface area contributed by atoms with Crippen molar-refractivity contribution in [1.82, 2.24) is 14.8 Å². The van der Waals surface area contributed by atoms with Gasteiger partial charge in [-0.05, 0) is 49.7 Å². The number of nitrogens with zero attached hydrogens (tertiary/aromatic N) is 3. The molecule has 1 unspecified atom stereocenters. The monoisotopic (exact) mass is 513 g/mol. The lowest BCUT2D eigenvalue weighted by molar-refractivity contribution is 0.0778. The van der Waals surface area contributed by atoms with Gasteiger partial charge in [0.15, 0.2) is 0 Å². The fourth-order valence-corrected chi connectivity index (χ4v) is 4.78. The van der Waals surface area contributed by atoms with Crippen molar-refractivity contribution in [3.63, 3.8) is 0 Å². The Morgan fingerprint density at radius 2 is 1.94 bits per heavy atom. The number of thiophene rings is 1. The fraction of sp³-hybridized carbons (Fsp3) is 0.240. The highest BCUT2D eigenvalue weighted by molar-refractivity contribution is 7.20. The average molecular weight is 514 g/mol. The highest BCUT2D eigenvalue weighted by atomic mass is 32.1. The van der Waals surface area contributed by atoms with Crippen molar-refractivity contribution in [2.24, 2.45) is 12.8 Å². The van der Waals surface area contributed by atoms with Crippen LogP contribution in [-0.2, 0) is 19.1 Å². The molecule has 0 bridgehead atoms. The summed E-state index contributed by atoms with van der Waals surface area (Å²) in [4.78, 5) is 16.7. The minimum absolute atomic E-state index is 0.0444. The number of carbonyl (C=O) groups is 1. The zero-order chi connectivity index (χ0) is 26.2. The van der Waals surface area contributed by atoms with Crippen molar-refractivity contribution < 1.29 is 23.8 Å². The number of rotatable bonds is 8. The number of carbonyl (C=O) groups excluding carboxylic acids is 1. The second kappa shape index (κ2) is 9.76. The first kappa shape index (κ1) is 25.4. The van der Waals surface area contributed by atoms with Crippen LogP contribution in [0.2, 0.25) is 0 Å². The number of aliphatic hydroxyl groups is 2. The van der Waals surface area contributed by atoms with E-state index in [0.29, 0.717) is 17.1 Å². The third kappa shape index (κ3) is 5.43. The molecule has 1 aromatic carbocycles. The summed E-state index contributed by atoms with van der Waals surface area (Å²) < 4.78 is 31.4. The summed E-state index contributed by atoms with van der Waals surface area (Å²) in [6.07, 6.45) is 2.70. The van der Waals surface area contributed by atoms with E-state index in [1.807, 2.05) is 0 Å². The van der Waals surface area contributed by atoms with Crippen molar-refractivity contribution in [3.8, 4) is 10.4 Å². The molecule has 0 radical (unpaired) electrons. The number of nitrogens with one attached hydrogen (secondary N) is 1. The molecule has 0 fully saturated rings. The second-order valence-corrected chi connectivity index (χ2v) is 9.95. The van der Waals surface area contributed by atoms with Crippen LogP contribution in [0.1, 0.15) is 47.1 Å². The van der Waals surface area contributed by atoms with E-state index >= 15 is 0 Å². The van der Waals surface area contributed by atoms with E-state index < -0.39 is 29.2 Å². The van der Waals surface area contributed by atoms with Crippen LogP contribution in [0, 0.1) is 11.6 Å². The van der Waals surface area contributed by atoms with E-state index in [4.69, 9.17) is 5.73 Å². The predicted octanol–water partition coefficient (Wildman–Crippen LogP) is 4.17. The maximum atomic E-state index is 14.9. The van der Waals surface area contributed by atoms with Gasteiger partial charge in [-0.1, -0.05) is 6.07 Å². The minimum Gasteiger partial charge on any atom is -0.388 e. The number of halogens is 2. The first-order chi connectivity index (χ1) is 16.9. The number of hydrogen-bond donors (Lipinski definition) is 4. The summed E-state index contributed by atoms with van der Waals surface area (Å²) in [5.74, 6) is -2.17. The number of pyridine rings is 1. The van der Waals surface area contributed by atoms with Crippen LogP contribution < -0.4 is 11.1 Å². The number of primary amides is 1. The van der Waals surface area contributed by atoms with E-state index in [1.54, 1.807) is 42.3 Å². The van der Waals surface area contributed by atoms with Crippen LogP contribution in [0.3, 0.4) is 0 Å². The smallest absolute Gasteiger partial charge is 0.251 e. The molecule has 1 atom stereocenters. The van der Waals surface area contributed by atoms with Gasteiger partial charge in [-0.2, -0.15) is 5.10 Å². The lowest BCUT2D eigenvalue weighted by Crippen LogP contribution is -2.16. The van der Waals surface area contributed by atoms with Gasteiger partial charge in [0.2, 0.25) is 0 Å². The van der Waals surface area contributed by atoms with Gasteiger partial charge in [0, 0.05) is 35.8 Å². The lowest BCUT2D eigenvalue weighted by Gasteiger charge is -2.18. The van der Waals surface area contributed by atoms with Gasteiger partial charge in [-0.3, -0.25) is 9.48 Å². The zero-order valence-corrected chi connectivity index (χ0v) is 20.6. The van der Waals surface area contributed by atoms with Crippen LogP contribution in [0.4, 0.5) is 19.6 Å². The molecule has 1 amide bonds. The van der Waals surface area contributed by atoms with Gasteiger partial charge in [-0.25, -0.2) is 13.8 Å². The topological polar surface area (TPSA) is 126 Å². The number of anilines is 2. The van der Waals surface area contributed by atoms with Crippen molar-refractivity contribution in [2.45, 2.75) is 32.0 Å². The molecule has 3 heterocycles. The zero-order valence-electron chi connectivity index (χ0n) is 19.8. The first-order valence-electron chi connectivity index (χ1n) is 11.0. The Hall–Kier alpha value is -3.67. The summed E-state index contributed by atoms with van der Waals surface area (Å²) in [5, 5.41) is 27.9. The number of hydrogen-bond acceptors (Lipinski definition) is 7. The Labute approximate surface area is 210 Å². The SMILES string of the molecule is Cn1cc(C(O)Cc2cccc(Nc3sc(-c4c(F)cc(C(C)(C)O)cc4F)cc3C(N)=O)n2)cn1. The Balaban J connectivity index is 1.63. The molecule has 188 valence electrons. The van der Waals surface area contributed by atoms with Gasteiger partial charge in [0.05, 0.1) is 29.0 Å². The molecule has 0 aliphatic carbocycles. The molecular weight excluding hydrogens is 488 g/mol. The quantitative estimate of drug-likeness (QED) is 0.280. The molecule has 11 heteroatoms. The van der Waals surface area contributed by atoms with Gasteiger partial charge < -0.3 is 21.3 Å². The molecule has 4 rings (SSSR count). The Kier molecular flexibility index (Phi) is 6.90. The number of nitrogens with two attached hydrogens (primary N) is 1. The normalized spacial score (nSPS) is 12.5. The molecular formula is C25H25F2N5O3S. The summed E-state index contributed by atoms with van der Waals surface area (Å²) in [6.45, 7) is 2.85. The molecule has 5 N–H and O–H groups in total. The second-order valence-electron chi connectivity index (χ2n) is 8.90. The molecule has 0 saturated heterocycles. The third-order valence-electron chi connectivity index (χ3n) is 5.55. The fourth-order valence-electron chi connectivity index (χ4n) is 3.66. The molecule has 0 saturated carbocycles. The van der Waals surface area contributed by atoms with E-state index in [2.05, 4.69) is 15.4 Å². The molecule has 36 heavy (non-hydrogen) atoms. The maximum Gasteiger partial charge on any atom is 0.251 e. The van der Waals surface area contributed by atoms with Gasteiger partial charge in [0.1, 0.15) is 22.5 Å². The number of aliphatic hydroxyl groups excluding tert-OH is 1. The molecule has 0 spiro atoms. The molecule has 4 aromatic rings. The van der Waals surface area contributed by atoms with Crippen molar-refractivity contribution in [3.05, 3.63) is 82.8 Å². The van der Waals surface area contributed by atoms with E-state index in [9.17, 15) is 23.8 Å². The predicted molar refractivity (Wildman–Crippen MR) is 133 cm³/mol. The summed E-state index contributed by atoms with van der Waals surface area (Å²) in [7, 11) is 1.75. The molecule has 0 aliphatic rings. The average Bonchev–Trinajstić information content (AvgIpc) is 3.39. The Morgan fingerprint density at radius 1 is 1.25 bits per heavy atom. The standard InChI is InChI=1S/C25H25F2N5O3S/c1-25(2,35)14-7-17(26)22(18(27)8-14)20-10-16(23(28)34)24(36-20)31-21-6-4-5-15(30-21)9-19(33)13-11-29-32(3)12-13/h4-8,10-12,19,33,35H,9H2,1-3H3,(H2,28,34)(H,30,31). The summed E-state index contributed by atoms with van der Waals surface area (Å²) in [5.41, 5.74) is 5.12. The van der Waals surface area contributed by atoms with Crippen molar-refractivity contribution in [2.75, 3.05) is 5.32 Å². The van der Waals surface area contributed by atoms with Crippen LogP contribution in [0.25, 0.3) is 10.4 Å². The van der Waals surface area contributed by atoms with Crippen LogP contribution in [0.5, 0.6) is 0 Å². The van der Waals surface area contributed by atoms with Gasteiger partial charge >= 0.3 is 0 Å². The van der Waals surface area contributed by atoms with Crippen LogP contribution in [0.15, 0.2) is 48.8 Å². The summed E-state index contributed by atoms with van der Waals surface area (Å²) in [6, 6.07) is 8.57. The first-order valence-corrected chi connectivity index (χ1v) is 11.8. The highest BCUT2D eigenvalue weighted by Crippen LogP contribution is 2.40. The van der Waals surface area contributed by atoms with Gasteiger partial charge in [0.25, 0.3) is 5.91 Å². The number of amides is 1. The van der Waals surface area contributed by atoms with E-state index in [0.717, 1.165) is 23.5 Å². The van der Waals surface area contributed by atoms with Crippen LogP contribution >= 0.6 is 11.3 Å². The largest absolute Gasteiger partial charge is 0.388 e. The van der Waals surface area contributed by atoms with E-state index in [1.165, 1.54) is 19.9 Å². The third-order valence-corrected chi connectivity index (χ3v) is 6.62. The number of aryl methyl sites for hydroxylation is 1. The molecule has 3 aromatic heterocycles. The number of aromatic nitrogens is 3. The number of benzene rings is 1. The maximum absolute atomic E-state index is 14.9. The Morgan fingerprint density at radius 3 is 2.53 bits per heavy atom. The highest BCUT2D eigenvalue weighted by Gasteiger charge is 2.24. The molecule has 8 nitrogen and oxygen atoms in total. The van der Waals surface area contributed by atoms with Crippen molar-refractivity contribution >= 4 is 28.1 Å². The van der Waals surface area contributed by atoms with Crippen molar-refractivity contribution in [1.29, 1.82) is 0 Å². The lowest BCUT2D eigenvalue weighted by atomic mass is 9.96. The summed E-state index contributed by atoms with van der Waals surface area (Å²) >= 11 is 0.942. The van der Waals surface area contributed by atoms with E-state index in [-0.39, 0.29) is 33.0 Å².